The third-order valence-electron chi connectivity index (χ3n) is 3.08. The second kappa shape index (κ2) is 5.21. The molecule has 0 saturated heterocycles. The molecule has 1 aliphatic carbocycles. The molecule has 0 amide bonds. The molecule has 1 heterocycles. The molecule has 1 atom stereocenters. The zero-order chi connectivity index (χ0) is 12.3. The summed E-state index contributed by atoms with van der Waals surface area (Å²) in [4.78, 5) is 6.53. The summed E-state index contributed by atoms with van der Waals surface area (Å²) in [5, 5.41) is 4.18. The van der Waals surface area contributed by atoms with Crippen molar-refractivity contribution in [3.63, 3.8) is 0 Å². The van der Waals surface area contributed by atoms with Crippen LogP contribution < -0.4 is 5.73 Å². The summed E-state index contributed by atoms with van der Waals surface area (Å²) >= 11 is 0. The average molecular weight is 235 g/mol. The van der Waals surface area contributed by atoms with E-state index in [-0.39, 0.29) is 0 Å². The predicted octanol–water partition coefficient (Wildman–Crippen LogP) is 0.928. The van der Waals surface area contributed by atoms with Crippen molar-refractivity contribution >= 4 is 5.96 Å². The average Bonchev–Trinajstić information content (AvgIpc) is 3.05. The minimum atomic E-state index is 0.445. The Morgan fingerprint density at radius 2 is 2.41 bits per heavy atom. The van der Waals surface area contributed by atoms with Crippen molar-refractivity contribution in [2.24, 2.45) is 16.6 Å². The molecule has 5 nitrogen and oxygen atoms in total. The van der Waals surface area contributed by atoms with Gasteiger partial charge in [-0.1, -0.05) is 6.92 Å². The summed E-state index contributed by atoms with van der Waals surface area (Å²) in [7, 11) is 2.02. The molecule has 1 aromatic heterocycles. The molecule has 0 aromatic carbocycles. The van der Waals surface area contributed by atoms with Gasteiger partial charge >= 0.3 is 0 Å². The molecule has 2 N–H and O–H groups in total. The quantitative estimate of drug-likeness (QED) is 0.610. The summed E-state index contributed by atoms with van der Waals surface area (Å²) in [5.74, 6) is 1.11. The van der Waals surface area contributed by atoms with E-state index in [4.69, 9.17) is 5.73 Å². The fourth-order valence-corrected chi connectivity index (χ4v) is 1.80. The summed E-state index contributed by atoms with van der Waals surface area (Å²) in [6, 6.07) is 2.56. The van der Waals surface area contributed by atoms with E-state index in [1.807, 2.05) is 24.0 Å². The number of aliphatic imine (C=N–C) groups is 1. The van der Waals surface area contributed by atoms with Gasteiger partial charge < -0.3 is 10.6 Å². The smallest absolute Gasteiger partial charge is 0.191 e. The first-order chi connectivity index (χ1) is 8.16. The molecule has 0 radical (unpaired) electrons. The molecule has 1 aromatic rings. The van der Waals surface area contributed by atoms with Gasteiger partial charge in [0.05, 0.1) is 0 Å². The highest BCUT2D eigenvalue weighted by Crippen LogP contribution is 2.24. The van der Waals surface area contributed by atoms with E-state index >= 15 is 0 Å². The van der Waals surface area contributed by atoms with Gasteiger partial charge in [0, 0.05) is 38.6 Å². The molecular weight excluding hydrogens is 214 g/mol. The van der Waals surface area contributed by atoms with Crippen molar-refractivity contribution in [3.8, 4) is 0 Å². The minimum absolute atomic E-state index is 0.445. The Morgan fingerprint density at radius 3 is 3.00 bits per heavy atom. The zero-order valence-electron chi connectivity index (χ0n) is 10.6. The number of nitrogens with two attached hydrogens (primary N) is 1. The first-order valence-electron chi connectivity index (χ1n) is 6.17. The monoisotopic (exact) mass is 235 g/mol. The van der Waals surface area contributed by atoms with Gasteiger partial charge in [0.1, 0.15) is 0 Å². The Bertz CT molecular complexity index is 366. The van der Waals surface area contributed by atoms with Crippen molar-refractivity contribution < 1.29 is 0 Å². The largest absolute Gasteiger partial charge is 0.370 e. The summed E-state index contributed by atoms with van der Waals surface area (Å²) in [5.41, 5.74) is 5.93. The number of guanidine groups is 1. The van der Waals surface area contributed by atoms with Crippen molar-refractivity contribution in [2.45, 2.75) is 32.4 Å². The van der Waals surface area contributed by atoms with Gasteiger partial charge in [-0.25, -0.2) is 0 Å². The maximum atomic E-state index is 5.93. The van der Waals surface area contributed by atoms with E-state index in [0.717, 1.165) is 13.1 Å². The zero-order valence-corrected chi connectivity index (χ0v) is 10.6. The van der Waals surface area contributed by atoms with E-state index in [9.17, 15) is 0 Å². The highest BCUT2D eigenvalue weighted by atomic mass is 15.3. The molecule has 2 rings (SSSR count). The van der Waals surface area contributed by atoms with Crippen LogP contribution in [0.5, 0.6) is 0 Å². The summed E-state index contributed by atoms with van der Waals surface area (Å²) in [6.45, 7) is 3.80. The number of rotatable bonds is 5. The van der Waals surface area contributed by atoms with Crippen LogP contribution in [-0.2, 0) is 6.54 Å². The molecule has 94 valence electrons. The van der Waals surface area contributed by atoms with E-state index < -0.39 is 0 Å². The molecule has 1 fully saturated rings. The SMILES string of the molecule is CC(CN=C(N)N(C)C1CC1)Cn1cccn1. The highest BCUT2D eigenvalue weighted by molar-refractivity contribution is 5.78. The van der Waals surface area contributed by atoms with Crippen molar-refractivity contribution in [3.05, 3.63) is 18.5 Å². The Labute approximate surface area is 102 Å². The Balaban J connectivity index is 1.78. The van der Waals surface area contributed by atoms with Crippen molar-refractivity contribution in [2.75, 3.05) is 13.6 Å². The number of nitrogens with zero attached hydrogens (tertiary/aromatic N) is 4. The van der Waals surface area contributed by atoms with Gasteiger partial charge in [0.2, 0.25) is 0 Å². The van der Waals surface area contributed by atoms with Crippen molar-refractivity contribution in [1.29, 1.82) is 0 Å². The molecule has 0 bridgehead atoms. The van der Waals surface area contributed by atoms with Crippen LogP contribution in [0.3, 0.4) is 0 Å². The van der Waals surface area contributed by atoms with Crippen LogP contribution >= 0.6 is 0 Å². The summed E-state index contributed by atoms with van der Waals surface area (Å²) in [6.07, 6.45) is 6.26. The summed E-state index contributed by atoms with van der Waals surface area (Å²) < 4.78 is 1.93. The lowest BCUT2D eigenvalue weighted by Crippen LogP contribution is -2.36. The lowest BCUT2D eigenvalue weighted by molar-refractivity contribution is 0.448. The van der Waals surface area contributed by atoms with Crippen LogP contribution in [0.4, 0.5) is 0 Å². The van der Waals surface area contributed by atoms with E-state index in [2.05, 4.69) is 21.9 Å². The van der Waals surface area contributed by atoms with Crippen LogP contribution in [0.2, 0.25) is 0 Å². The van der Waals surface area contributed by atoms with Crippen molar-refractivity contribution in [1.82, 2.24) is 14.7 Å². The molecular formula is C12H21N5. The van der Waals surface area contributed by atoms with E-state index in [1.54, 1.807) is 6.20 Å². The van der Waals surface area contributed by atoms with Gasteiger partial charge in [-0.3, -0.25) is 9.67 Å². The molecule has 0 aliphatic heterocycles. The van der Waals surface area contributed by atoms with Gasteiger partial charge in [-0.2, -0.15) is 5.10 Å². The van der Waals surface area contributed by atoms with Crippen LogP contribution in [0.1, 0.15) is 19.8 Å². The molecule has 1 aliphatic rings. The van der Waals surface area contributed by atoms with Gasteiger partial charge in [-0.15, -0.1) is 0 Å². The topological polar surface area (TPSA) is 59.4 Å². The fraction of sp³-hybridized carbons (Fsp3) is 0.667. The van der Waals surface area contributed by atoms with Crippen LogP contribution in [0, 0.1) is 5.92 Å². The first-order valence-corrected chi connectivity index (χ1v) is 6.17. The third kappa shape index (κ3) is 3.47. The van der Waals surface area contributed by atoms with Gasteiger partial charge in [0.25, 0.3) is 0 Å². The molecule has 5 heteroatoms. The Kier molecular flexibility index (Phi) is 3.66. The minimum Gasteiger partial charge on any atom is -0.370 e. The highest BCUT2D eigenvalue weighted by Gasteiger charge is 2.27. The second-order valence-electron chi connectivity index (χ2n) is 4.87. The van der Waals surface area contributed by atoms with Crippen LogP contribution in [0.15, 0.2) is 23.5 Å². The normalized spacial score (nSPS) is 18.1. The van der Waals surface area contributed by atoms with E-state index in [1.165, 1.54) is 12.8 Å². The molecule has 0 spiro atoms. The maximum Gasteiger partial charge on any atom is 0.191 e. The predicted molar refractivity (Wildman–Crippen MR) is 68.7 cm³/mol. The van der Waals surface area contributed by atoms with Gasteiger partial charge in [-0.05, 0) is 24.8 Å². The lowest BCUT2D eigenvalue weighted by atomic mass is 10.2. The number of hydrogen-bond acceptors (Lipinski definition) is 2. The Hall–Kier alpha value is -1.52. The maximum absolute atomic E-state index is 5.93. The third-order valence-corrected chi connectivity index (χ3v) is 3.08. The number of aromatic nitrogens is 2. The van der Waals surface area contributed by atoms with Crippen LogP contribution in [0.25, 0.3) is 0 Å². The fourth-order valence-electron chi connectivity index (χ4n) is 1.80. The lowest BCUT2D eigenvalue weighted by Gasteiger charge is -2.17. The van der Waals surface area contributed by atoms with Gasteiger partial charge in [0.15, 0.2) is 5.96 Å². The number of hydrogen-bond donors (Lipinski definition) is 1. The van der Waals surface area contributed by atoms with Crippen LogP contribution in [-0.4, -0.2) is 40.3 Å². The molecule has 17 heavy (non-hydrogen) atoms. The standard InChI is InChI=1S/C12H21N5/c1-10(9-17-7-3-6-15-17)8-14-12(13)16(2)11-4-5-11/h3,6-7,10-11H,4-5,8-9H2,1-2H3,(H2,13,14). The molecule has 1 unspecified atom stereocenters. The Morgan fingerprint density at radius 1 is 1.65 bits per heavy atom. The second-order valence-corrected chi connectivity index (χ2v) is 4.87. The van der Waals surface area contributed by atoms with E-state index in [0.29, 0.717) is 17.9 Å². The first kappa shape index (κ1) is 12.0. The molecule has 1 saturated carbocycles.